The Balaban J connectivity index is 1.66. The molecule has 0 saturated carbocycles. The fraction of sp³-hybridized carbons (Fsp3) is 0.429. The number of benzene rings is 1. The van der Waals surface area contributed by atoms with Gasteiger partial charge in [-0.1, -0.05) is 18.2 Å². The van der Waals surface area contributed by atoms with E-state index in [1.807, 2.05) is 62.0 Å². The topological polar surface area (TPSA) is 75.6 Å². The molecular weight excluding hydrogens is 356 g/mol. The molecule has 28 heavy (non-hydrogen) atoms. The fourth-order valence-corrected chi connectivity index (χ4v) is 3.58. The van der Waals surface area contributed by atoms with Gasteiger partial charge >= 0.3 is 11.8 Å². The highest BCUT2D eigenvalue weighted by molar-refractivity contribution is 6.39. The SMILES string of the molecule is Cc1cccc(C)c1NC(=O)C(=O)NC[C@H](c1cccn1C)N1CCOCC1. The molecule has 1 aliphatic heterocycles. The molecule has 2 aromatic rings. The van der Waals surface area contributed by atoms with Crippen LogP contribution in [0.3, 0.4) is 0 Å². The Morgan fingerprint density at radius 2 is 1.75 bits per heavy atom. The van der Waals surface area contributed by atoms with Crippen molar-refractivity contribution in [2.24, 2.45) is 7.05 Å². The molecule has 150 valence electrons. The van der Waals surface area contributed by atoms with E-state index in [0.29, 0.717) is 25.4 Å². The molecule has 1 aromatic heterocycles. The Bertz CT molecular complexity index is 820. The van der Waals surface area contributed by atoms with Crippen LogP contribution >= 0.6 is 0 Å². The summed E-state index contributed by atoms with van der Waals surface area (Å²) in [4.78, 5) is 27.1. The van der Waals surface area contributed by atoms with Gasteiger partial charge in [0.05, 0.1) is 19.3 Å². The number of nitrogens with zero attached hydrogens (tertiary/aromatic N) is 2. The zero-order valence-electron chi connectivity index (χ0n) is 16.7. The highest BCUT2D eigenvalue weighted by Gasteiger charge is 2.26. The number of hydrogen-bond acceptors (Lipinski definition) is 4. The monoisotopic (exact) mass is 384 g/mol. The number of para-hydroxylation sites is 1. The molecule has 0 spiro atoms. The molecule has 2 heterocycles. The van der Waals surface area contributed by atoms with Crippen molar-refractivity contribution in [1.82, 2.24) is 14.8 Å². The second kappa shape index (κ2) is 9.03. The number of aryl methyl sites for hydroxylation is 3. The van der Waals surface area contributed by atoms with Crippen molar-refractivity contribution in [1.29, 1.82) is 0 Å². The third-order valence-corrected chi connectivity index (χ3v) is 5.19. The minimum absolute atomic E-state index is 0.0131. The summed E-state index contributed by atoms with van der Waals surface area (Å²) >= 11 is 0. The molecule has 7 nitrogen and oxygen atoms in total. The van der Waals surface area contributed by atoms with E-state index >= 15 is 0 Å². The van der Waals surface area contributed by atoms with Crippen LogP contribution in [0.5, 0.6) is 0 Å². The summed E-state index contributed by atoms with van der Waals surface area (Å²) in [6, 6.07) is 9.75. The van der Waals surface area contributed by atoms with Crippen LogP contribution in [0.1, 0.15) is 22.9 Å². The molecule has 3 rings (SSSR count). The summed E-state index contributed by atoms with van der Waals surface area (Å²) in [6.45, 7) is 7.09. The quantitative estimate of drug-likeness (QED) is 0.771. The van der Waals surface area contributed by atoms with Gasteiger partial charge < -0.3 is 19.9 Å². The fourth-order valence-electron chi connectivity index (χ4n) is 3.58. The van der Waals surface area contributed by atoms with Crippen LogP contribution in [0.2, 0.25) is 0 Å². The Morgan fingerprint density at radius 1 is 1.07 bits per heavy atom. The van der Waals surface area contributed by atoms with E-state index in [1.54, 1.807) is 0 Å². The van der Waals surface area contributed by atoms with Crippen molar-refractivity contribution in [2.75, 3.05) is 38.2 Å². The Labute approximate surface area is 165 Å². The molecule has 1 aromatic carbocycles. The maximum Gasteiger partial charge on any atom is 0.313 e. The summed E-state index contributed by atoms with van der Waals surface area (Å²) in [5.41, 5.74) is 3.64. The number of carbonyl (C=O) groups excluding carboxylic acids is 2. The van der Waals surface area contributed by atoms with Crippen LogP contribution < -0.4 is 10.6 Å². The second-order valence-corrected chi connectivity index (χ2v) is 7.14. The average molecular weight is 384 g/mol. The number of rotatable bonds is 5. The van der Waals surface area contributed by atoms with E-state index in [2.05, 4.69) is 15.5 Å². The van der Waals surface area contributed by atoms with Crippen LogP contribution in [-0.4, -0.2) is 54.1 Å². The number of carbonyl (C=O) groups is 2. The smallest absolute Gasteiger partial charge is 0.313 e. The predicted octanol–water partition coefficient (Wildman–Crippen LogP) is 1.77. The summed E-state index contributed by atoms with van der Waals surface area (Å²) in [6.07, 6.45) is 1.98. The number of nitrogens with one attached hydrogen (secondary N) is 2. The third kappa shape index (κ3) is 4.61. The summed E-state index contributed by atoms with van der Waals surface area (Å²) < 4.78 is 7.49. The zero-order valence-corrected chi connectivity index (χ0v) is 16.7. The largest absolute Gasteiger partial charge is 0.379 e. The lowest BCUT2D eigenvalue weighted by Gasteiger charge is -2.34. The number of ether oxygens (including phenoxy) is 1. The first-order valence-electron chi connectivity index (χ1n) is 9.56. The molecule has 1 aliphatic rings. The highest BCUT2D eigenvalue weighted by Crippen LogP contribution is 2.22. The molecule has 1 saturated heterocycles. The highest BCUT2D eigenvalue weighted by atomic mass is 16.5. The van der Waals surface area contributed by atoms with Gasteiger partial charge in [0.15, 0.2) is 0 Å². The number of aromatic nitrogens is 1. The van der Waals surface area contributed by atoms with Crippen molar-refractivity contribution in [3.8, 4) is 0 Å². The van der Waals surface area contributed by atoms with Gasteiger partial charge in [0, 0.05) is 44.3 Å². The molecule has 2 amide bonds. The number of amides is 2. The van der Waals surface area contributed by atoms with Gasteiger partial charge in [-0.2, -0.15) is 0 Å². The first-order valence-corrected chi connectivity index (χ1v) is 9.56. The average Bonchev–Trinajstić information content (AvgIpc) is 3.11. The van der Waals surface area contributed by atoms with E-state index in [-0.39, 0.29) is 6.04 Å². The van der Waals surface area contributed by atoms with E-state index in [9.17, 15) is 9.59 Å². The normalized spacial score (nSPS) is 15.8. The Morgan fingerprint density at radius 3 is 2.36 bits per heavy atom. The lowest BCUT2D eigenvalue weighted by atomic mass is 10.1. The summed E-state index contributed by atoms with van der Waals surface area (Å²) in [5, 5.41) is 5.55. The van der Waals surface area contributed by atoms with E-state index in [0.717, 1.165) is 29.9 Å². The van der Waals surface area contributed by atoms with Crippen molar-refractivity contribution in [3.05, 3.63) is 53.3 Å². The first kappa shape index (κ1) is 20.1. The molecule has 0 radical (unpaired) electrons. The van der Waals surface area contributed by atoms with Crippen molar-refractivity contribution < 1.29 is 14.3 Å². The molecule has 0 unspecified atom stereocenters. The Hall–Kier alpha value is -2.64. The van der Waals surface area contributed by atoms with Gasteiger partial charge in [-0.05, 0) is 37.1 Å². The molecule has 1 atom stereocenters. The van der Waals surface area contributed by atoms with Gasteiger partial charge in [-0.25, -0.2) is 0 Å². The van der Waals surface area contributed by atoms with Gasteiger partial charge in [0.1, 0.15) is 0 Å². The maximum atomic E-state index is 12.4. The summed E-state index contributed by atoms with van der Waals surface area (Å²) in [5.74, 6) is -1.28. The van der Waals surface area contributed by atoms with E-state index < -0.39 is 11.8 Å². The van der Waals surface area contributed by atoms with E-state index in [1.165, 1.54) is 0 Å². The van der Waals surface area contributed by atoms with Crippen LogP contribution in [0.15, 0.2) is 36.5 Å². The Kier molecular flexibility index (Phi) is 6.49. The molecular formula is C21H28N4O3. The minimum atomic E-state index is -0.648. The van der Waals surface area contributed by atoms with Crippen molar-refractivity contribution >= 4 is 17.5 Å². The van der Waals surface area contributed by atoms with Gasteiger partial charge in [-0.3, -0.25) is 14.5 Å². The molecule has 2 N–H and O–H groups in total. The van der Waals surface area contributed by atoms with Gasteiger partial charge in [0.25, 0.3) is 0 Å². The third-order valence-electron chi connectivity index (χ3n) is 5.19. The standard InChI is InChI=1S/C21H28N4O3/c1-15-6-4-7-16(2)19(15)23-21(27)20(26)22-14-18(17-8-5-9-24(17)3)25-10-12-28-13-11-25/h4-9,18H,10-14H2,1-3H3,(H,22,26)(H,23,27)/t18-/m1/s1. The molecule has 0 bridgehead atoms. The van der Waals surface area contributed by atoms with Crippen LogP contribution in [-0.2, 0) is 21.4 Å². The minimum Gasteiger partial charge on any atom is -0.379 e. The van der Waals surface area contributed by atoms with E-state index in [4.69, 9.17) is 4.74 Å². The van der Waals surface area contributed by atoms with Crippen LogP contribution in [0, 0.1) is 13.8 Å². The predicted molar refractivity (Wildman–Crippen MR) is 108 cm³/mol. The van der Waals surface area contributed by atoms with Crippen molar-refractivity contribution in [3.63, 3.8) is 0 Å². The zero-order chi connectivity index (χ0) is 20.1. The molecule has 1 fully saturated rings. The molecule has 7 heteroatoms. The first-order chi connectivity index (χ1) is 13.5. The second-order valence-electron chi connectivity index (χ2n) is 7.14. The van der Waals surface area contributed by atoms with Gasteiger partial charge in [0.2, 0.25) is 0 Å². The lowest BCUT2D eigenvalue weighted by molar-refractivity contribution is -0.136. The van der Waals surface area contributed by atoms with Gasteiger partial charge in [-0.15, -0.1) is 0 Å². The number of anilines is 1. The lowest BCUT2D eigenvalue weighted by Crippen LogP contribution is -2.46. The number of morpholine rings is 1. The maximum absolute atomic E-state index is 12.4. The van der Waals surface area contributed by atoms with Crippen LogP contribution in [0.4, 0.5) is 5.69 Å². The number of hydrogen-bond donors (Lipinski definition) is 2. The molecule has 0 aliphatic carbocycles. The van der Waals surface area contributed by atoms with Crippen LogP contribution in [0.25, 0.3) is 0 Å². The van der Waals surface area contributed by atoms with Crippen molar-refractivity contribution in [2.45, 2.75) is 19.9 Å². The summed E-state index contributed by atoms with van der Waals surface area (Å²) in [7, 11) is 1.98.